The van der Waals surface area contributed by atoms with Gasteiger partial charge in [-0.25, -0.2) is 4.98 Å². The highest BCUT2D eigenvalue weighted by atomic mass is 35.5. The van der Waals surface area contributed by atoms with Crippen LogP contribution in [0.1, 0.15) is 11.1 Å². The summed E-state index contributed by atoms with van der Waals surface area (Å²) in [6.07, 6.45) is 3.65. The van der Waals surface area contributed by atoms with Crippen LogP contribution in [0.25, 0.3) is 17.1 Å². The first kappa shape index (κ1) is 18.8. The molecule has 0 unspecified atom stereocenters. The fraction of sp³-hybridized carbons (Fsp3) is 0.0833. The average Bonchev–Trinajstić information content (AvgIpc) is 3.17. The number of allylic oxidation sites excluding steroid dienone is 1. The molecule has 1 heterocycles. The summed E-state index contributed by atoms with van der Waals surface area (Å²) < 4.78 is 7.79. The van der Waals surface area contributed by atoms with Crippen molar-refractivity contribution in [2.75, 3.05) is 0 Å². The zero-order valence-corrected chi connectivity index (χ0v) is 16.4. The minimum absolute atomic E-state index is 0.476. The number of fused-ring (bicyclic) bond motifs is 1. The number of nitriles is 1. The Kier molecular flexibility index (Phi) is 5.60. The first-order chi connectivity index (χ1) is 14.2. The number of nitrogens with zero attached hydrogens (tertiary/aromatic N) is 3. The maximum Gasteiger partial charge on any atom is 0.119 e. The number of imidazole rings is 1. The van der Waals surface area contributed by atoms with Crippen LogP contribution in [0.3, 0.4) is 0 Å². The molecule has 0 saturated heterocycles. The molecule has 0 radical (unpaired) electrons. The van der Waals surface area contributed by atoms with Gasteiger partial charge in [-0.05, 0) is 53.6 Å². The summed E-state index contributed by atoms with van der Waals surface area (Å²) in [7, 11) is 0. The third-order valence-electron chi connectivity index (χ3n) is 4.55. The Morgan fingerprint density at radius 3 is 2.55 bits per heavy atom. The predicted molar refractivity (Wildman–Crippen MR) is 116 cm³/mol. The number of hydrogen-bond acceptors (Lipinski definition) is 3. The number of rotatable bonds is 6. The number of benzene rings is 3. The van der Waals surface area contributed by atoms with Gasteiger partial charge in [-0.1, -0.05) is 48.0 Å². The van der Waals surface area contributed by atoms with E-state index in [-0.39, 0.29) is 0 Å². The van der Waals surface area contributed by atoms with Gasteiger partial charge in [-0.3, -0.25) is 0 Å². The number of para-hydroxylation sites is 2. The lowest BCUT2D eigenvalue weighted by molar-refractivity contribution is 0.306. The smallest absolute Gasteiger partial charge is 0.119 e. The van der Waals surface area contributed by atoms with Gasteiger partial charge in [0.1, 0.15) is 12.4 Å². The second-order valence-corrected chi connectivity index (χ2v) is 7.06. The van der Waals surface area contributed by atoms with E-state index in [9.17, 15) is 5.26 Å². The Balaban J connectivity index is 1.44. The molecule has 0 aliphatic carbocycles. The molecule has 3 aromatic carbocycles. The molecule has 5 heteroatoms. The SMILES string of the molecule is N#C/C(=C/c1ccc(OCc2ccc(Cl)cc2)cc1)Cn1cnc2ccccc21. The lowest BCUT2D eigenvalue weighted by Gasteiger charge is -2.07. The Hall–Kier alpha value is -3.55. The molecule has 0 N–H and O–H groups in total. The maximum absolute atomic E-state index is 9.56. The van der Waals surface area contributed by atoms with Crippen LogP contribution in [0.15, 0.2) is 84.7 Å². The third kappa shape index (κ3) is 4.66. The zero-order valence-electron chi connectivity index (χ0n) is 15.6. The van der Waals surface area contributed by atoms with E-state index in [1.807, 2.05) is 83.4 Å². The second kappa shape index (κ2) is 8.64. The van der Waals surface area contributed by atoms with Gasteiger partial charge in [0.15, 0.2) is 0 Å². The van der Waals surface area contributed by atoms with Gasteiger partial charge in [0.05, 0.1) is 30.0 Å². The third-order valence-corrected chi connectivity index (χ3v) is 4.80. The Labute approximate surface area is 174 Å². The standard InChI is InChI=1S/C24H18ClN3O/c25-21-9-5-19(6-10-21)16-29-22-11-7-18(8-12-22)13-20(14-26)15-28-17-27-23-3-1-2-4-24(23)28/h1-13,17H,15-16H2/b20-13-. The summed E-state index contributed by atoms with van der Waals surface area (Å²) in [5.41, 5.74) is 4.59. The molecular weight excluding hydrogens is 382 g/mol. The molecular formula is C24H18ClN3O. The van der Waals surface area contributed by atoms with E-state index in [2.05, 4.69) is 11.1 Å². The molecule has 0 fully saturated rings. The summed E-state index contributed by atoms with van der Waals surface area (Å²) in [5, 5.41) is 10.3. The van der Waals surface area contributed by atoms with Crippen LogP contribution in [0.5, 0.6) is 5.75 Å². The van der Waals surface area contributed by atoms with Crippen molar-refractivity contribution in [3.63, 3.8) is 0 Å². The molecule has 0 atom stereocenters. The average molecular weight is 400 g/mol. The van der Waals surface area contributed by atoms with Crippen LogP contribution in [-0.4, -0.2) is 9.55 Å². The molecule has 0 aliphatic rings. The summed E-state index contributed by atoms with van der Waals surface area (Å²) in [5.74, 6) is 0.774. The van der Waals surface area contributed by atoms with Crippen LogP contribution in [0.2, 0.25) is 5.02 Å². The van der Waals surface area contributed by atoms with Crippen molar-refractivity contribution in [2.45, 2.75) is 13.2 Å². The number of halogens is 1. The molecule has 0 aliphatic heterocycles. The van der Waals surface area contributed by atoms with Crippen molar-refractivity contribution < 1.29 is 4.74 Å². The fourth-order valence-corrected chi connectivity index (χ4v) is 3.17. The van der Waals surface area contributed by atoms with E-state index in [1.54, 1.807) is 6.33 Å². The quantitative estimate of drug-likeness (QED) is 0.380. The molecule has 0 amide bonds. The second-order valence-electron chi connectivity index (χ2n) is 6.63. The highest BCUT2D eigenvalue weighted by Gasteiger charge is 2.05. The molecule has 29 heavy (non-hydrogen) atoms. The molecule has 142 valence electrons. The van der Waals surface area contributed by atoms with Crippen LogP contribution >= 0.6 is 11.6 Å². The minimum Gasteiger partial charge on any atom is -0.489 e. The van der Waals surface area contributed by atoms with Crippen molar-refractivity contribution in [2.24, 2.45) is 0 Å². The Morgan fingerprint density at radius 1 is 1.03 bits per heavy atom. The molecule has 4 rings (SSSR count). The van der Waals surface area contributed by atoms with Crippen molar-refractivity contribution >= 4 is 28.7 Å². The molecule has 0 spiro atoms. The fourth-order valence-electron chi connectivity index (χ4n) is 3.04. The number of aromatic nitrogens is 2. The molecule has 0 bridgehead atoms. The van der Waals surface area contributed by atoms with Crippen molar-refractivity contribution in [1.82, 2.24) is 9.55 Å². The Morgan fingerprint density at radius 2 is 1.79 bits per heavy atom. The topological polar surface area (TPSA) is 50.8 Å². The lowest BCUT2D eigenvalue weighted by atomic mass is 10.1. The van der Waals surface area contributed by atoms with Crippen LogP contribution in [0, 0.1) is 11.3 Å². The highest BCUT2D eigenvalue weighted by molar-refractivity contribution is 6.30. The first-order valence-corrected chi connectivity index (χ1v) is 9.57. The largest absolute Gasteiger partial charge is 0.489 e. The van der Waals surface area contributed by atoms with E-state index in [1.165, 1.54) is 0 Å². The van der Waals surface area contributed by atoms with E-state index in [4.69, 9.17) is 16.3 Å². The van der Waals surface area contributed by atoms with Crippen LogP contribution in [-0.2, 0) is 13.2 Å². The van der Waals surface area contributed by atoms with Crippen molar-refractivity contribution in [3.05, 3.63) is 101 Å². The molecule has 4 aromatic rings. The van der Waals surface area contributed by atoms with E-state index >= 15 is 0 Å². The normalized spacial score (nSPS) is 11.4. The summed E-state index contributed by atoms with van der Waals surface area (Å²) in [4.78, 5) is 4.38. The van der Waals surface area contributed by atoms with Gasteiger partial charge in [0, 0.05) is 10.6 Å². The highest BCUT2D eigenvalue weighted by Crippen LogP contribution is 2.19. The summed E-state index contributed by atoms with van der Waals surface area (Å²) in [6.45, 7) is 0.954. The summed E-state index contributed by atoms with van der Waals surface area (Å²) in [6, 6.07) is 25.5. The number of hydrogen-bond donors (Lipinski definition) is 0. The van der Waals surface area contributed by atoms with E-state index in [0.29, 0.717) is 23.7 Å². The zero-order chi connectivity index (χ0) is 20.1. The predicted octanol–water partition coefficient (Wildman–Crippen LogP) is 5.88. The Bertz CT molecular complexity index is 1190. The van der Waals surface area contributed by atoms with Gasteiger partial charge in [-0.15, -0.1) is 0 Å². The van der Waals surface area contributed by atoms with Gasteiger partial charge in [0.25, 0.3) is 0 Å². The first-order valence-electron chi connectivity index (χ1n) is 9.19. The van der Waals surface area contributed by atoms with Gasteiger partial charge < -0.3 is 9.30 Å². The van der Waals surface area contributed by atoms with Gasteiger partial charge in [-0.2, -0.15) is 5.26 Å². The van der Waals surface area contributed by atoms with Crippen molar-refractivity contribution in [3.8, 4) is 11.8 Å². The molecule has 1 aromatic heterocycles. The van der Waals surface area contributed by atoms with Gasteiger partial charge in [0.2, 0.25) is 0 Å². The monoisotopic (exact) mass is 399 g/mol. The van der Waals surface area contributed by atoms with Gasteiger partial charge >= 0.3 is 0 Å². The maximum atomic E-state index is 9.56. The van der Waals surface area contributed by atoms with Crippen LogP contribution < -0.4 is 4.74 Å². The lowest BCUT2D eigenvalue weighted by Crippen LogP contribution is -1.98. The molecule has 4 nitrogen and oxygen atoms in total. The minimum atomic E-state index is 0.476. The summed E-state index contributed by atoms with van der Waals surface area (Å²) >= 11 is 5.90. The van der Waals surface area contributed by atoms with Crippen LogP contribution in [0.4, 0.5) is 0 Å². The van der Waals surface area contributed by atoms with Crippen molar-refractivity contribution in [1.29, 1.82) is 5.26 Å². The number of ether oxygens (including phenoxy) is 1. The van der Waals surface area contributed by atoms with E-state index < -0.39 is 0 Å². The van der Waals surface area contributed by atoms with E-state index in [0.717, 1.165) is 27.9 Å². The molecule has 0 saturated carbocycles.